The van der Waals surface area contributed by atoms with Crippen molar-refractivity contribution in [1.82, 2.24) is 20.2 Å². The fourth-order valence-corrected chi connectivity index (χ4v) is 3.78. The van der Waals surface area contributed by atoms with Crippen LogP contribution in [-0.4, -0.2) is 72.6 Å². The van der Waals surface area contributed by atoms with Crippen molar-refractivity contribution in [2.75, 3.05) is 40.0 Å². The van der Waals surface area contributed by atoms with Crippen LogP contribution in [0.1, 0.15) is 24.1 Å². The van der Waals surface area contributed by atoms with Gasteiger partial charge in [-0.15, -0.1) is 0 Å². The van der Waals surface area contributed by atoms with Crippen molar-refractivity contribution in [3.8, 4) is 5.88 Å². The van der Waals surface area contributed by atoms with E-state index in [1.807, 2.05) is 13.0 Å². The Hall–Kier alpha value is -3.04. The van der Waals surface area contributed by atoms with Crippen LogP contribution in [0.3, 0.4) is 0 Å². The molecule has 2 amide bonds. The van der Waals surface area contributed by atoms with Gasteiger partial charge in [-0.25, -0.2) is 19.2 Å². The number of aromatic nitrogens is 1. The number of urea groups is 1. The Labute approximate surface area is 180 Å². The van der Waals surface area contributed by atoms with Gasteiger partial charge in [-0.2, -0.15) is 5.10 Å². The van der Waals surface area contributed by atoms with E-state index in [0.717, 1.165) is 29.9 Å². The molecule has 0 aliphatic carbocycles. The van der Waals surface area contributed by atoms with Gasteiger partial charge in [-0.1, -0.05) is 18.2 Å². The van der Waals surface area contributed by atoms with Gasteiger partial charge in [0.05, 0.1) is 44.7 Å². The number of halogens is 1. The number of morpholine rings is 1. The molecule has 0 saturated carbocycles. The molecular formula is C22H26FN5O3. The molecule has 4 rings (SSSR count). The van der Waals surface area contributed by atoms with Crippen LogP contribution in [0.4, 0.5) is 9.18 Å². The molecule has 9 heteroatoms. The van der Waals surface area contributed by atoms with Crippen molar-refractivity contribution < 1.29 is 18.7 Å². The fraction of sp³-hybridized carbons (Fsp3) is 0.409. The number of nitrogens with zero attached hydrogens (tertiary/aromatic N) is 4. The van der Waals surface area contributed by atoms with E-state index in [1.165, 1.54) is 17.1 Å². The van der Waals surface area contributed by atoms with E-state index in [-0.39, 0.29) is 23.9 Å². The van der Waals surface area contributed by atoms with Crippen LogP contribution >= 0.6 is 0 Å². The van der Waals surface area contributed by atoms with Gasteiger partial charge in [0.1, 0.15) is 5.82 Å². The average molecular weight is 427 g/mol. The quantitative estimate of drug-likeness (QED) is 0.793. The fourth-order valence-electron chi connectivity index (χ4n) is 3.78. The van der Waals surface area contributed by atoms with Crippen LogP contribution in [0.2, 0.25) is 0 Å². The van der Waals surface area contributed by atoms with Gasteiger partial charge in [-0.05, 0) is 30.2 Å². The van der Waals surface area contributed by atoms with Crippen molar-refractivity contribution in [1.29, 1.82) is 0 Å². The van der Waals surface area contributed by atoms with Crippen LogP contribution in [-0.2, 0) is 4.74 Å². The van der Waals surface area contributed by atoms with E-state index in [1.54, 1.807) is 31.5 Å². The molecule has 1 N–H and O–H groups in total. The maximum absolute atomic E-state index is 13.4. The van der Waals surface area contributed by atoms with Crippen LogP contribution < -0.4 is 10.1 Å². The normalized spacial score (nSPS) is 20.3. The predicted octanol–water partition coefficient (Wildman–Crippen LogP) is 2.42. The molecule has 0 bridgehead atoms. The smallest absolute Gasteiger partial charge is 0.338 e. The number of carbonyl (C=O) groups is 1. The monoisotopic (exact) mass is 427 g/mol. The highest BCUT2D eigenvalue weighted by molar-refractivity contribution is 6.06. The van der Waals surface area contributed by atoms with E-state index in [2.05, 4.69) is 20.3 Å². The molecular weight excluding hydrogens is 401 g/mol. The number of pyridine rings is 1. The number of carbonyl (C=O) groups excluding carboxylic acids is 1. The van der Waals surface area contributed by atoms with Crippen LogP contribution in [0.5, 0.6) is 5.88 Å². The average Bonchev–Trinajstić information content (AvgIpc) is 3.26. The number of methoxy groups -OCH3 is 1. The van der Waals surface area contributed by atoms with Gasteiger partial charge >= 0.3 is 6.03 Å². The van der Waals surface area contributed by atoms with Crippen LogP contribution in [0.25, 0.3) is 0 Å². The Morgan fingerprint density at radius 1 is 1.23 bits per heavy atom. The third-order valence-corrected chi connectivity index (χ3v) is 5.56. The Balaban J connectivity index is 1.51. The Morgan fingerprint density at radius 3 is 2.61 bits per heavy atom. The molecule has 8 nitrogen and oxygen atoms in total. The number of hydrogen-bond donors (Lipinski definition) is 1. The minimum Gasteiger partial charge on any atom is -0.481 e. The SMILES string of the molecule is COc1ccc(C(C)NC(=O)N2C[C@H](N3CCOCC3)C(c3ccc(F)cc3)=N2)cn1. The lowest BCUT2D eigenvalue weighted by Crippen LogP contribution is -2.49. The molecule has 2 aromatic rings. The third-order valence-electron chi connectivity index (χ3n) is 5.56. The second-order valence-electron chi connectivity index (χ2n) is 7.54. The zero-order chi connectivity index (χ0) is 21.8. The Kier molecular flexibility index (Phi) is 6.43. The lowest BCUT2D eigenvalue weighted by Gasteiger charge is -2.32. The van der Waals surface area contributed by atoms with Gasteiger partial charge in [0.15, 0.2) is 0 Å². The molecule has 1 saturated heterocycles. The second-order valence-corrected chi connectivity index (χ2v) is 7.54. The summed E-state index contributed by atoms with van der Waals surface area (Å²) in [5.74, 6) is 0.213. The Bertz CT molecular complexity index is 929. The van der Waals surface area contributed by atoms with E-state index in [9.17, 15) is 9.18 Å². The summed E-state index contributed by atoms with van der Waals surface area (Å²) in [6, 6.07) is 9.24. The molecule has 3 heterocycles. The molecule has 2 aliphatic heterocycles. The first-order valence-electron chi connectivity index (χ1n) is 10.3. The first kappa shape index (κ1) is 21.2. The minimum atomic E-state index is -0.304. The summed E-state index contributed by atoms with van der Waals surface area (Å²) < 4.78 is 24.0. The summed E-state index contributed by atoms with van der Waals surface area (Å²) in [5, 5.41) is 9.04. The van der Waals surface area contributed by atoms with E-state index in [0.29, 0.717) is 25.6 Å². The lowest BCUT2D eigenvalue weighted by atomic mass is 10.0. The molecule has 0 radical (unpaired) electrons. The maximum Gasteiger partial charge on any atom is 0.338 e. The zero-order valence-corrected chi connectivity index (χ0v) is 17.6. The van der Waals surface area contributed by atoms with Gasteiger partial charge in [0, 0.05) is 25.4 Å². The van der Waals surface area contributed by atoms with Gasteiger partial charge < -0.3 is 14.8 Å². The second kappa shape index (κ2) is 9.40. The van der Waals surface area contributed by atoms with Gasteiger partial charge in [-0.3, -0.25) is 4.90 Å². The molecule has 1 unspecified atom stereocenters. The third kappa shape index (κ3) is 4.83. The zero-order valence-electron chi connectivity index (χ0n) is 17.6. The first-order chi connectivity index (χ1) is 15.0. The van der Waals surface area contributed by atoms with Gasteiger partial charge in [0.2, 0.25) is 5.88 Å². The predicted molar refractivity (Wildman–Crippen MR) is 114 cm³/mol. The van der Waals surface area contributed by atoms with Crippen molar-refractivity contribution in [2.45, 2.75) is 19.0 Å². The number of benzene rings is 1. The van der Waals surface area contributed by atoms with Crippen LogP contribution in [0, 0.1) is 5.82 Å². The highest BCUT2D eigenvalue weighted by atomic mass is 19.1. The van der Waals surface area contributed by atoms with Crippen molar-refractivity contribution in [3.63, 3.8) is 0 Å². The molecule has 2 aliphatic rings. The molecule has 31 heavy (non-hydrogen) atoms. The number of hydrogen-bond acceptors (Lipinski definition) is 6. The van der Waals surface area contributed by atoms with Crippen molar-refractivity contribution in [2.24, 2.45) is 5.10 Å². The number of ether oxygens (including phenoxy) is 2. The lowest BCUT2D eigenvalue weighted by molar-refractivity contribution is 0.0277. The van der Waals surface area contributed by atoms with Crippen molar-refractivity contribution >= 4 is 11.7 Å². The first-order valence-corrected chi connectivity index (χ1v) is 10.3. The van der Waals surface area contributed by atoms with E-state index < -0.39 is 0 Å². The molecule has 164 valence electrons. The highest BCUT2D eigenvalue weighted by Crippen LogP contribution is 2.22. The summed E-state index contributed by atoms with van der Waals surface area (Å²) in [4.78, 5) is 19.4. The topological polar surface area (TPSA) is 79.3 Å². The molecule has 1 aromatic heterocycles. The molecule has 1 fully saturated rings. The van der Waals surface area contributed by atoms with Crippen molar-refractivity contribution in [3.05, 3.63) is 59.5 Å². The number of amides is 2. The van der Waals surface area contributed by atoms with E-state index in [4.69, 9.17) is 9.47 Å². The molecule has 0 spiro atoms. The standard InChI is InChI=1S/C22H26FN5O3/c1-15(17-5-8-20(30-2)24-13-17)25-22(29)28-14-19(27-9-11-31-12-10-27)21(26-28)16-3-6-18(23)7-4-16/h3-8,13,15,19H,9-12,14H2,1-2H3,(H,25,29)/t15?,19-/m0/s1. The number of nitrogens with one attached hydrogen (secondary N) is 1. The number of rotatable bonds is 5. The summed E-state index contributed by atoms with van der Waals surface area (Å²) >= 11 is 0. The maximum atomic E-state index is 13.4. The summed E-state index contributed by atoms with van der Waals surface area (Å²) in [6.07, 6.45) is 1.68. The highest BCUT2D eigenvalue weighted by Gasteiger charge is 2.36. The largest absolute Gasteiger partial charge is 0.481 e. The van der Waals surface area contributed by atoms with Gasteiger partial charge in [0.25, 0.3) is 0 Å². The summed E-state index contributed by atoms with van der Waals surface area (Å²) in [5.41, 5.74) is 2.43. The Morgan fingerprint density at radius 2 is 1.97 bits per heavy atom. The molecule has 1 aromatic carbocycles. The summed E-state index contributed by atoms with van der Waals surface area (Å²) in [7, 11) is 1.56. The summed E-state index contributed by atoms with van der Waals surface area (Å²) in [6.45, 7) is 5.11. The number of hydrazone groups is 1. The van der Waals surface area contributed by atoms with Crippen LogP contribution in [0.15, 0.2) is 47.7 Å². The molecule has 2 atom stereocenters. The van der Waals surface area contributed by atoms with E-state index >= 15 is 0 Å². The minimum absolute atomic E-state index is 0.0712.